The van der Waals surface area contributed by atoms with Gasteiger partial charge in [0.25, 0.3) is 0 Å². The summed E-state index contributed by atoms with van der Waals surface area (Å²) in [5.74, 6) is 0.807. The van der Waals surface area contributed by atoms with Crippen LogP contribution in [0.1, 0.15) is 11.3 Å². The zero-order chi connectivity index (χ0) is 11.5. The van der Waals surface area contributed by atoms with Crippen molar-refractivity contribution in [3.63, 3.8) is 0 Å². The van der Waals surface area contributed by atoms with Crippen molar-refractivity contribution in [2.45, 2.75) is 17.6 Å². The molecule has 16 heavy (non-hydrogen) atoms. The molecule has 0 fully saturated rings. The third-order valence-electron chi connectivity index (χ3n) is 2.11. The maximum atomic E-state index is 5.93. The van der Waals surface area contributed by atoms with E-state index in [-0.39, 0.29) is 0 Å². The first-order chi connectivity index (χ1) is 7.65. The van der Waals surface area contributed by atoms with Crippen LogP contribution in [0, 0.1) is 6.92 Å². The average molecular weight is 251 g/mol. The van der Waals surface area contributed by atoms with Crippen molar-refractivity contribution in [2.75, 3.05) is 11.5 Å². The molecule has 5 heteroatoms. The summed E-state index contributed by atoms with van der Waals surface area (Å²) in [6, 6.07) is 6.09. The number of thioether (sulfide) groups is 1. The largest absolute Gasteiger partial charge is 0.398 e. The number of aryl methyl sites for hydroxylation is 1. The molecule has 0 saturated heterocycles. The van der Waals surface area contributed by atoms with Crippen molar-refractivity contribution in [1.29, 1.82) is 0 Å². The van der Waals surface area contributed by atoms with Gasteiger partial charge in [-0.15, -0.1) is 23.1 Å². The summed E-state index contributed by atoms with van der Waals surface area (Å²) in [5.41, 5.74) is 14.5. The number of anilines is 2. The number of hydrogen-bond donors (Lipinski definition) is 2. The molecule has 0 atom stereocenters. The van der Waals surface area contributed by atoms with Crippen molar-refractivity contribution in [2.24, 2.45) is 0 Å². The Kier molecular flexibility index (Phi) is 3.36. The smallest absolute Gasteiger partial charge is 0.180 e. The lowest BCUT2D eigenvalue weighted by Gasteiger charge is -2.04. The number of thiazole rings is 1. The topological polar surface area (TPSA) is 64.9 Å². The van der Waals surface area contributed by atoms with Gasteiger partial charge in [0.05, 0.1) is 5.69 Å². The fourth-order valence-corrected chi connectivity index (χ4v) is 2.85. The van der Waals surface area contributed by atoms with Crippen molar-refractivity contribution < 1.29 is 0 Å². The summed E-state index contributed by atoms with van der Waals surface area (Å²) in [6.45, 7) is 2.03. The molecule has 0 aliphatic carbocycles. The van der Waals surface area contributed by atoms with Crippen LogP contribution in [0.5, 0.6) is 0 Å². The van der Waals surface area contributed by atoms with E-state index < -0.39 is 0 Å². The van der Waals surface area contributed by atoms with E-state index in [0.29, 0.717) is 5.13 Å². The van der Waals surface area contributed by atoms with E-state index >= 15 is 0 Å². The van der Waals surface area contributed by atoms with Crippen LogP contribution in [0.3, 0.4) is 0 Å². The van der Waals surface area contributed by atoms with Crippen LogP contribution < -0.4 is 11.5 Å². The van der Waals surface area contributed by atoms with Crippen LogP contribution in [0.2, 0.25) is 0 Å². The molecule has 1 aromatic carbocycles. The summed E-state index contributed by atoms with van der Waals surface area (Å²) >= 11 is 3.15. The zero-order valence-electron chi connectivity index (χ0n) is 8.93. The van der Waals surface area contributed by atoms with E-state index in [1.165, 1.54) is 16.9 Å². The number of nitrogen functional groups attached to an aromatic ring is 2. The number of hydrogen-bond acceptors (Lipinski definition) is 5. The van der Waals surface area contributed by atoms with E-state index in [4.69, 9.17) is 11.5 Å². The van der Waals surface area contributed by atoms with Crippen LogP contribution >= 0.6 is 23.1 Å². The van der Waals surface area contributed by atoms with Gasteiger partial charge >= 0.3 is 0 Å². The second-order valence-corrected chi connectivity index (χ2v) is 5.41. The molecule has 0 spiro atoms. The molecule has 0 aliphatic rings. The van der Waals surface area contributed by atoms with Gasteiger partial charge in [-0.25, -0.2) is 4.98 Å². The SMILES string of the molecule is Cc1ccc(SCc2csc(N)n2)c(N)c1. The van der Waals surface area contributed by atoms with Crippen molar-refractivity contribution >= 4 is 33.9 Å². The summed E-state index contributed by atoms with van der Waals surface area (Å²) < 4.78 is 0. The Morgan fingerprint density at radius 3 is 2.81 bits per heavy atom. The molecule has 0 aliphatic heterocycles. The van der Waals surface area contributed by atoms with Gasteiger partial charge in [-0.1, -0.05) is 6.07 Å². The molecule has 0 unspecified atom stereocenters. The quantitative estimate of drug-likeness (QED) is 0.650. The summed E-state index contributed by atoms with van der Waals surface area (Å²) in [7, 11) is 0. The third-order valence-corrected chi connectivity index (χ3v) is 3.96. The van der Waals surface area contributed by atoms with Gasteiger partial charge in [0.2, 0.25) is 0 Å². The first kappa shape index (κ1) is 11.3. The van der Waals surface area contributed by atoms with Gasteiger partial charge in [-0.3, -0.25) is 0 Å². The summed E-state index contributed by atoms with van der Waals surface area (Å²) in [6.07, 6.45) is 0. The highest BCUT2D eigenvalue weighted by molar-refractivity contribution is 7.98. The van der Waals surface area contributed by atoms with Crippen LogP contribution in [0.15, 0.2) is 28.5 Å². The molecule has 1 aromatic heterocycles. The second-order valence-electron chi connectivity index (χ2n) is 3.51. The van der Waals surface area contributed by atoms with Crippen LogP contribution in [0.4, 0.5) is 10.8 Å². The van der Waals surface area contributed by atoms with E-state index in [1.54, 1.807) is 11.8 Å². The van der Waals surface area contributed by atoms with E-state index in [2.05, 4.69) is 11.1 Å². The highest BCUT2D eigenvalue weighted by Gasteiger charge is 2.03. The lowest BCUT2D eigenvalue weighted by molar-refractivity contribution is 1.23. The predicted octanol–water partition coefficient (Wildman–Crippen LogP) is 2.91. The Labute approximate surface area is 103 Å². The second kappa shape index (κ2) is 4.76. The Hall–Kier alpha value is -1.20. The molecule has 4 N–H and O–H groups in total. The minimum atomic E-state index is 0.618. The molecular weight excluding hydrogens is 238 g/mol. The van der Waals surface area contributed by atoms with Crippen molar-refractivity contribution in [3.05, 3.63) is 34.8 Å². The van der Waals surface area contributed by atoms with Crippen LogP contribution in [-0.4, -0.2) is 4.98 Å². The lowest BCUT2D eigenvalue weighted by atomic mass is 10.2. The molecule has 3 nitrogen and oxygen atoms in total. The molecule has 84 valence electrons. The lowest BCUT2D eigenvalue weighted by Crippen LogP contribution is -1.90. The van der Waals surface area contributed by atoms with Crippen molar-refractivity contribution in [3.8, 4) is 0 Å². The predicted molar refractivity (Wildman–Crippen MR) is 71.7 cm³/mol. The minimum absolute atomic E-state index is 0.618. The number of nitrogens with two attached hydrogens (primary N) is 2. The van der Waals surface area contributed by atoms with E-state index in [9.17, 15) is 0 Å². The molecule has 2 rings (SSSR count). The standard InChI is InChI=1S/C11H13N3S2/c1-7-2-3-10(9(12)4-7)15-5-8-6-16-11(13)14-8/h2-4,6H,5,12H2,1H3,(H2,13,14). The average Bonchev–Trinajstić information content (AvgIpc) is 2.63. The molecule has 0 bridgehead atoms. The highest BCUT2D eigenvalue weighted by atomic mass is 32.2. The molecular formula is C11H13N3S2. The maximum Gasteiger partial charge on any atom is 0.180 e. The number of nitrogens with zero attached hydrogens (tertiary/aromatic N) is 1. The van der Waals surface area contributed by atoms with Gasteiger partial charge < -0.3 is 11.5 Å². The molecule has 0 amide bonds. The Balaban J connectivity index is 2.04. The number of rotatable bonds is 3. The fraction of sp³-hybridized carbons (Fsp3) is 0.182. The molecule has 0 radical (unpaired) electrons. The number of aromatic nitrogens is 1. The third kappa shape index (κ3) is 2.68. The number of benzene rings is 1. The summed E-state index contributed by atoms with van der Waals surface area (Å²) in [4.78, 5) is 5.30. The Bertz CT molecular complexity index is 494. The van der Waals surface area contributed by atoms with Gasteiger partial charge in [0.1, 0.15) is 0 Å². The molecule has 0 saturated carbocycles. The van der Waals surface area contributed by atoms with Crippen molar-refractivity contribution in [1.82, 2.24) is 4.98 Å². The first-order valence-electron chi connectivity index (χ1n) is 4.84. The molecule has 1 heterocycles. The fourth-order valence-electron chi connectivity index (χ4n) is 1.34. The van der Waals surface area contributed by atoms with E-state index in [0.717, 1.165) is 22.0 Å². The van der Waals surface area contributed by atoms with Gasteiger partial charge in [-0.05, 0) is 24.6 Å². The van der Waals surface area contributed by atoms with E-state index in [1.807, 2.05) is 24.4 Å². The monoisotopic (exact) mass is 251 g/mol. The normalized spacial score (nSPS) is 10.6. The highest BCUT2D eigenvalue weighted by Crippen LogP contribution is 2.29. The Morgan fingerprint density at radius 2 is 2.19 bits per heavy atom. The first-order valence-corrected chi connectivity index (χ1v) is 6.70. The Morgan fingerprint density at radius 1 is 1.38 bits per heavy atom. The van der Waals surface area contributed by atoms with Crippen LogP contribution in [0.25, 0.3) is 0 Å². The minimum Gasteiger partial charge on any atom is -0.398 e. The van der Waals surface area contributed by atoms with Crippen LogP contribution in [-0.2, 0) is 5.75 Å². The summed E-state index contributed by atoms with van der Waals surface area (Å²) in [5, 5.41) is 2.60. The zero-order valence-corrected chi connectivity index (χ0v) is 10.6. The van der Waals surface area contributed by atoms with Gasteiger partial charge in [-0.2, -0.15) is 0 Å². The van der Waals surface area contributed by atoms with Gasteiger partial charge in [0, 0.05) is 21.7 Å². The maximum absolute atomic E-state index is 5.93. The molecule has 2 aromatic rings. The van der Waals surface area contributed by atoms with Gasteiger partial charge in [0.15, 0.2) is 5.13 Å².